The maximum atomic E-state index is 15.5. The van der Waals surface area contributed by atoms with Gasteiger partial charge in [0.2, 0.25) is 0 Å². The minimum atomic E-state index is -4.81. The minimum absolute atomic E-state index is 0.128. The molecule has 3 N–H and O–H groups in total. The number of aromatic nitrogens is 2. The molecule has 1 aliphatic heterocycles. The third kappa shape index (κ3) is 3.36. The fourth-order valence-corrected chi connectivity index (χ4v) is 4.42. The van der Waals surface area contributed by atoms with Gasteiger partial charge in [0.15, 0.2) is 11.6 Å². The van der Waals surface area contributed by atoms with E-state index in [4.69, 9.17) is 10.5 Å². The molecule has 1 saturated carbocycles. The predicted octanol–water partition coefficient (Wildman–Crippen LogP) is 2.14. The molecule has 2 fully saturated rings. The van der Waals surface area contributed by atoms with E-state index in [-0.39, 0.29) is 28.2 Å². The summed E-state index contributed by atoms with van der Waals surface area (Å²) in [6.45, 7) is 0.449. The number of alkyl halides is 4. The molecule has 170 valence electrons. The average Bonchev–Trinajstić information content (AvgIpc) is 3.43. The third-order valence-electron chi connectivity index (χ3n) is 6.05. The van der Waals surface area contributed by atoms with Crippen LogP contribution in [-0.4, -0.2) is 48.1 Å². The Morgan fingerprint density at radius 2 is 1.87 bits per heavy atom. The highest BCUT2D eigenvalue weighted by atomic mass is 19.4. The van der Waals surface area contributed by atoms with Crippen LogP contribution in [0.4, 0.5) is 27.6 Å². The van der Waals surface area contributed by atoms with Gasteiger partial charge < -0.3 is 15.4 Å². The zero-order chi connectivity index (χ0) is 22.8. The van der Waals surface area contributed by atoms with Crippen molar-refractivity contribution in [2.24, 2.45) is 11.7 Å². The summed E-state index contributed by atoms with van der Waals surface area (Å²) >= 11 is 0. The second-order valence-electron chi connectivity index (χ2n) is 8.06. The normalized spacial score (nSPS) is 22.9. The Labute approximate surface area is 172 Å². The number of H-pyrrole nitrogens is 1. The Morgan fingerprint density at radius 1 is 1.23 bits per heavy atom. The first-order valence-corrected chi connectivity index (χ1v) is 9.73. The van der Waals surface area contributed by atoms with E-state index >= 15 is 4.39 Å². The summed E-state index contributed by atoms with van der Waals surface area (Å²) in [4.78, 5) is 28.2. The number of halogens is 5. The van der Waals surface area contributed by atoms with Crippen LogP contribution in [0, 0.1) is 18.7 Å². The summed E-state index contributed by atoms with van der Waals surface area (Å²) < 4.78 is 75.6. The molecule has 2 aromatic rings. The number of aryl methyl sites for hydroxylation is 1. The van der Waals surface area contributed by atoms with Crippen molar-refractivity contribution in [3.05, 3.63) is 32.2 Å². The van der Waals surface area contributed by atoms with Crippen molar-refractivity contribution < 1.29 is 26.7 Å². The van der Waals surface area contributed by atoms with Gasteiger partial charge in [0.05, 0.1) is 18.3 Å². The first kappa shape index (κ1) is 21.6. The van der Waals surface area contributed by atoms with Crippen molar-refractivity contribution >= 4 is 16.6 Å². The van der Waals surface area contributed by atoms with Crippen LogP contribution in [0.3, 0.4) is 0 Å². The number of aromatic amines is 1. The van der Waals surface area contributed by atoms with Crippen LogP contribution < -0.4 is 26.6 Å². The topological polar surface area (TPSA) is 93.3 Å². The number of benzene rings is 1. The van der Waals surface area contributed by atoms with E-state index in [0.717, 1.165) is 12.0 Å². The Kier molecular flexibility index (Phi) is 5.02. The zero-order valence-corrected chi connectivity index (χ0v) is 16.7. The molecule has 2 aliphatic rings. The Hall–Kier alpha value is -2.63. The van der Waals surface area contributed by atoms with Crippen molar-refractivity contribution in [2.75, 3.05) is 25.1 Å². The highest BCUT2D eigenvalue weighted by Crippen LogP contribution is 2.44. The fraction of sp³-hybridized carbons (Fsp3) is 0.579. The molecular weight excluding hydrogens is 427 g/mol. The van der Waals surface area contributed by atoms with E-state index in [2.05, 4.69) is 4.98 Å². The summed E-state index contributed by atoms with van der Waals surface area (Å²) in [6, 6.07) is -2.61. The molecule has 0 amide bonds. The molecule has 1 saturated heterocycles. The van der Waals surface area contributed by atoms with Crippen LogP contribution in [0.5, 0.6) is 5.75 Å². The summed E-state index contributed by atoms with van der Waals surface area (Å²) in [7, 11) is 1.13. The number of nitrogens with two attached hydrogens (primary N) is 1. The molecule has 1 aromatic carbocycles. The van der Waals surface area contributed by atoms with Gasteiger partial charge in [0, 0.05) is 30.6 Å². The van der Waals surface area contributed by atoms with Crippen molar-refractivity contribution in [3.8, 4) is 5.75 Å². The summed E-state index contributed by atoms with van der Waals surface area (Å²) in [5.74, 6) is -3.05. The highest BCUT2D eigenvalue weighted by Gasteiger charge is 2.49. The summed E-state index contributed by atoms with van der Waals surface area (Å²) in [5, 5.41) is -0.174. The number of hydrogen-bond donors (Lipinski definition) is 2. The van der Waals surface area contributed by atoms with E-state index in [1.807, 2.05) is 0 Å². The van der Waals surface area contributed by atoms with E-state index in [9.17, 15) is 27.2 Å². The van der Waals surface area contributed by atoms with Gasteiger partial charge in [-0.2, -0.15) is 13.2 Å². The third-order valence-corrected chi connectivity index (χ3v) is 6.05. The number of rotatable bonds is 4. The first-order chi connectivity index (χ1) is 14.5. The van der Waals surface area contributed by atoms with E-state index in [1.54, 1.807) is 0 Å². The zero-order valence-electron chi connectivity index (χ0n) is 16.7. The molecule has 31 heavy (non-hydrogen) atoms. The molecule has 3 atom stereocenters. The monoisotopic (exact) mass is 448 g/mol. The molecule has 12 heteroatoms. The second-order valence-corrected chi connectivity index (χ2v) is 8.06. The quantitative estimate of drug-likeness (QED) is 0.700. The molecular formula is C19H21F5N4O3. The number of ether oxygens (including phenoxy) is 1. The van der Waals surface area contributed by atoms with Crippen molar-refractivity contribution in [1.82, 2.24) is 9.55 Å². The number of fused-ring (bicyclic) bond motifs is 1. The van der Waals surface area contributed by atoms with E-state index in [0.29, 0.717) is 12.8 Å². The van der Waals surface area contributed by atoms with Crippen LogP contribution >= 0.6 is 0 Å². The van der Waals surface area contributed by atoms with Gasteiger partial charge in [0.25, 0.3) is 5.56 Å². The maximum absolute atomic E-state index is 15.5. The van der Waals surface area contributed by atoms with Gasteiger partial charge in [-0.25, -0.2) is 13.6 Å². The van der Waals surface area contributed by atoms with Crippen molar-refractivity contribution in [2.45, 2.75) is 44.2 Å². The minimum Gasteiger partial charge on any atom is -0.493 e. The van der Waals surface area contributed by atoms with Gasteiger partial charge in [-0.1, -0.05) is 0 Å². The number of hydrogen-bond acceptors (Lipinski definition) is 5. The van der Waals surface area contributed by atoms with Crippen molar-refractivity contribution in [1.29, 1.82) is 0 Å². The molecule has 0 spiro atoms. The summed E-state index contributed by atoms with van der Waals surface area (Å²) in [5.41, 5.74) is 3.77. The molecule has 1 aromatic heterocycles. The first-order valence-electron chi connectivity index (χ1n) is 9.73. The maximum Gasteiger partial charge on any atom is 0.404 e. The number of methoxy groups -OCH3 is 1. The SMILES string of the molecule is COc1c(F)c(N2CC(F)C(C(N)C(F)(F)F)C2)c(C)c2c1c(=O)[nH]c(=O)n2C1CC1. The van der Waals surface area contributed by atoms with Crippen LogP contribution in [0.2, 0.25) is 0 Å². The van der Waals surface area contributed by atoms with E-state index < -0.39 is 60.2 Å². The van der Waals surface area contributed by atoms with E-state index in [1.165, 1.54) is 11.5 Å². The van der Waals surface area contributed by atoms with Gasteiger partial charge in [-0.3, -0.25) is 14.3 Å². The number of nitrogens with zero attached hydrogens (tertiary/aromatic N) is 2. The molecule has 0 bridgehead atoms. The van der Waals surface area contributed by atoms with Crippen LogP contribution in [0.25, 0.3) is 10.9 Å². The van der Waals surface area contributed by atoms with Gasteiger partial charge in [-0.15, -0.1) is 0 Å². The van der Waals surface area contributed by atoms with Crippen LogP contribution in [-0.2, 0) is 0 Å². The predicted molar refractivity (Wildman–Crippen MR) is 103 cm³/mol. The molecule has 2 heterocycles. The average molecular weight is 448 g/mol. The number of nitrogens with one attached hydrogen (secondary N) is 1. The lowest BCUT2D eigenvalue weighted by molar-refractivity contribution is -0.161. The van der Waals surface area contributed by atoms with Gasteiger partial charge in [0.1, 0.15) is 17.6 Å². The lowest BCUT2D eigenvalue weighted by atomic mass is 9.98. The second kappa shape index (κ2) is 7.21. The smallest absolute Gasteiger partial charge is 0.404 e. The Balaban J connectivity index is 1.93. The lowest BCUT2D eigenvalue weighted by Gasteiger charge is -2.26. The van der Waals surface area contributed by atoms with Crippen LogP contribution in [0.1, 0.15) is 24.4 Å². The van der Waals surface area contributed by atoms with Crippen LogP contribution in [0.15, 0.2) is 9.59 Å². The largest absolute Gasteiger partial charge is 0.493 e. The highest BCUT2D eigenvalue weighted by molar-refractivity contribution is 5.93. The summed E-state index contributed by atoms with van der Waals surface area (Å²) in [6.07, 6.45) is -5.40. The van der Waals surface area contributed by atoms with Gasteiger partial charge in [-0.05, 0) is 19.8 Å². The lowest BCUT2D eigenvalue weighted by Crippen LogP contribution is -2.47. The van der Waals surface area contributed by atoms with Crippen molar-refractivity contribution in [3.63, 3.8) is 0 Å². The fourth-order valence-electron chi connectivity index (χ4n) is 4.42. The Bertz CT molecular complexity index is 1150. The molecule has 3 unspecified atom stereocenters. The van der Waals surface area contributed by atoms with Gasteiger partial charge >= 0.3 is 11.9 Å². The standard InChI is InChI=1S/C19H21F5N4O3/c1-7-13-11(17(29)26-18(30)28(13)8-3-4-8)15(31-2)12(21)14(7)27-5-9(10(20)6-27)16(25)19(22,23)24/h8-10,16H,3-6,25H2,1-2H3,(H,26,29,30). The molecule has 4 rings (SSSR count). The Morgan fingerprint density at radius 3 is 2.42 bits per heavy atom. The molecule has 7 nitrogen and oxygen atoms in total. The number of anilines is 1. The molecule has 1 aliphatic carbocycles. The molecule has 0 radical (unpaired) electrons.